The lowest BCUT2D eigenvalue weighted by atomic mass is 9.89. The maximum absolute atomic E-state index is 14.0. The number of pyridine rings is 1. The number of nitrogens with zero attached hydrogens (tertiary/aromatic N) is 3. The molecule has 4 rings (SSSR count). The summed E-state index contributed by atoms with van der Waals surface area (Å²) < 4.78 is 21.1. The fourth-order valence-electron chi connectivity index (χ4n) is 4.51. The Hall–Kier alpha value is -3.14. The van der Waals surface area contributed by atoms with Crippen LogP contribution in [0.5, 0.6) is 5.75 Å². The van der Waals surface area contributed by atoms with Gasteiger partial charge in [-0.15, -0.1) is 0 Å². The summed E-state index contributed by atoms with van der Waals surface area (Å²) in [5, 5.41) is 24.2. The monoisotopic (exact) mass is 516 g/mol. The van der Waals surface area contributed by atoms with E-state index in [1.807, 2.05) is 19.9 Å². The number of hydrogen-bond acceptors (Lipinski definition) is 6. The van der Waals surface area contributed by atoms with E-state index < -0.39 is 11.2 Å². The summed E-state index contributed by atoms with van der Waals surface area (Å²) in [6, 6.07) is 7.85. The van der Waals surface area contributed by atoms with E-state index in [4.69, 9.17) is 16.3 Å². The molecule has 2 aromatic heterocycles. The zero-order chi connectivity index (χ0) is 26.0. The second-order valence-corrected chi connectivity index (χ2v) is 9.93. The summed E-state index contributed by atoms with van der Waals surface area (Å²) in [5.41, 5.74) is 1.24. The third-order valence-corrected chi connectivity index (χ3v) is 6.61. The Bertz CT molecular complexity index is 1260. The quantitative estimate of drug-likeness (QED) is 0.421. The number of amides is 1. The van der Waals surface area contributed by atoms with Gasteiger partial charge in [-0.1, -0.05) is 11.6 Å². The molecule has 0 atom stereocenters. The smallest absolute Gasteiger partial charge is 0.270 e. The zero-order valence-corrected chi connectivity index (χ0v) is 21.2. The number of halogens is 2. The largest absolute Gasteiger partial charge is 0.496 e. The van der Waals surface area contributed by atoms with Crippen LogP contribution < -0.4 is 10.1 Å². The first-order chi connectivity index (χ1) is 17.2. The molecule has 0 aliphatic carbocycles. The molecule has 0 saturated heterocycles. The zero-order valence-electron chi connectivity index (χ0n) is 20.5. The number of anilines is 1. The summed E-state index contributed by atoms with van der Waals surface area (Å²) in [7, 11) is 1.48. The molecular weight excluding hydrogens is 487 g/mol. The molecular formula is C26H30ClFN4O4. The first kappa shape index (κ1) is 25.9. The van der Waals surface area contributed by atoms with Crippen molar-refractivity contribution in [1.82, 2.24) is 14.5 Å². The number of benzene rings is 1. The standard InChI is InChI=1S/C26H30ClFN4O4/c1-16(2)30-24-8-20(21(27)9-29-24)17-7-22-25(35)32(11-18-6-19(28)4-5-23(18)36-3)13-26(14-33,15-34)12-31(22)10-17/h4-10,16,33-34H,11-15H2,1-3H3,(H,29,30). The van der Waals surface area contributed by atoms with Crippen molar-refractivity contribution >= 4 is 23.3 Å². The first-order valence-electron chi connectivity index (χ1n) is 11.6. The van der Waals surface area contributed by atoms with E-state index in [0.29, 0.717) is 39.0 Å². The molecule has 0 radical (unpaired) electrons. The Kier molecular flexibility index (Phi) is 7.54. The molecule has 0 fully saturated rings. The molecule has 1 amide bonds. The molecule has 0 bridgehead atoms. The minimum Gasteiger partial charge on any atom is -0.496 e. The van der Waals surface area contributed by atoms with Crippen molar-refractivity contribution < 1.29 is 24.1 Å². The third kappa shape index (κ3) is 5.18. The maximum Gasteiger partial charge on any atom is 0.270 e. The van der Waals surface area contributed by atoms with Crippen LogP contribution in [0, 0.1) is 11.2 Å². The number of aromatic nitrogens is 2. The fraction of sp³-hybridized carbons (Fsp3) is 0.385. The summed E-state index contributed by atoms with van der Waals surface area (Å²) in [5.74, 6) is 0.323. The van der Waals surface area contributed by atoms with Crippen molar-refractivity contribution in [3.05, 3.63) is 64.8 Å². The van der Waals surface area contributed by atoms with Gasteiger partial charge in [-0.25, -0.2) is 9.37 Å². The van der Waals surface area contributed by atoms with Crippen molar-refractivity contribution in [2.45, 2.75) is 33.0 Å². The second kappa shape index (κ2) is 10.5. The third-order valence-electron chi connectivity index (χ3n) is 6.31. The normalized spacial score (nSPS) is 15.1. The summed E-state index contributed by atoms with van der Waals surface area (Å²) in [6.45, 7) is 3.63. The first-order valence-corrected chi connectivity index (χ1v) is 12.0. The van der Waals surface area contributed by atoms with Crippen LogP contribution in [-0.2, 0) is 13.1 Å². The van der Waals surface area contributed by atoms with Gasteiger partial charge >= 0.3 is 0 Å². The van der Waals surface area contributed by atoms with Gasteiger partial charge in [-0.05, 0) is 44.2 Å². The molecule has 36 heavy (non-hydrogen) atoms. The van der Waals surface area contributed by atoms with Crippen LogP contribution in [0.2, 0.25) is 5.02 Å². The van der Waals surface area contributed by atoms with E-state index in [9.17, 15) is 19.4 Å². The highest BCUT2D eigenvalue weighted by atomic mass is 35.5. The van der Waals surface area contributed by atoms with E-state index in [1.165, 1.54) is 30.2 Å². The Morgan fingerprint density at radius 3 is 2.64 bits per heavy atom. The molecule has 10 heteroatoms. The maximum atomic E-state index is 14.0. The number of nitrogens with one attached hydrogen (secondary N) is 1. The number of aliphatic hydroxyl groups excluding tert-OH is 2. The van der Waals surface area contributed by atoms with Crippen LogP contribution in [0.1, 0.15) is 29.9 Å². The van der Waals surface area contributed by atoms with Gasteiger partial charge in [0.05, 0.1) is 30.8 Å². The molecule has 3 aromatic rings. The molecule has 0 unspecified atom stereocenters. The van der Waals surface area contributed by atoms with Crippen molar-refractivity contribution in [3.63, 3.8) is 0 Å². The number of rotatable bonds is 8. The number of fused-ring (bicyclic) bond motifs is 1. The highest BCUT2D eigenvalue weighted by Gasteiger charge is 2.39. The molecule has 8 nitrogen and oxygen atoms in total. The van der Waals surface area contributed by atoms with Gasteiger partial charge in [0, 0.05) is 54.8 Å². The molecule has 1 aliphatic rings. The van der Waals surface area contributed by atoms with Crippen LogP contribution in [0.4, 0.5) is 10.2 Å². The Balaban J connectivity index is 1.77. The van der Waals surface area contributed by atoms with E-state index in [0.717, 1.165) is 0 Å². The average molecular weight is 517 g/mol. The van der Waals surface area contributed by atoms with Gasteiger partial charge in [0.1, 0.15) is 23.1 Å². The van der Waals surface area contributed by atoms with Crippen LogP contribution in [0.15, 0.2) is 42.7 Å². The Morgan fingerprint density at radius 2 is 1.97 bits per heavy atom. The van der Waals surface area contributed by atoms with E-state index in [2.05, 4.69) is 10.3 Å². The molecule has 1 aromatic carbocycles. The Morgan fingerprint density at radius 1 is 1.22 bits per heavy atom. The Labute approximate surface area is 214 Å². The predicted octanol–water partition coefficient (Wildman–Crippen LogP) is 3.80. The van der Waals surface area contributed by atoms with Crippen molar-refractivity contribution in [1.29, 1.82) is 0 Å². The summed E-state index contributed by atoms with van der Waals surface area (Å²) in [4.78, 5) is 19.6. The molecule has 0 spiro atoms. The number of ether oxygens (including phenoxy) is 1. The lowest BCUT2D eigenvalue weighted by Gasteiger charge is -2.33. The lowest BCUT2D eigenvalue weighted by Crippen LogP contribution is -2.44. The minimum atomic E-state index is -1.01. The SMILES string of the molecule is COc1ccc(F)cc1CN1CC(CO)(CO)Cn2cc(-c3cc(NC(C)C)ncc3Cl)cc2C1=O. The van der Waals surface area contributed by atoms with Crippen molar-refractivity contribution in [2.24, 2.45) is 5.41 Å². The molecule has 3 N–H and O–H groups in total. The number of carbonyl (C=O) groups is 1. The molecule has 192 valence electrons. The van der Waals surface area contributed by atoms with Crippen molar-refractivity contribution in [2.75, 3.05) is 32.2 Å². The van der Waals surface area contributed by atoms with Gasteiger partial charge in [-0.3, -0.25) is 4.79 Å². The number of hydrogen-bond donors (Lipinski definition) is 3. The number of aliphatic hydroxyl groups is 2. The summed E-state index contributed by atoms with van der Waals surface area (Å²) in [6.07, 6.45) is 3.35. The lowest BCUT2D eigenvalue weighted by molar-refractivity contribution is 0.0143. The van der Waals surface area contributed by atoms with Gasteiger partial charge in [0.2, 0.25) is 0 Å². The fourth-order valence-corrected chi connectivity index (χ4v) is 4.72. The van der Waals surface area contributed by atoms with Crippen LogP contribution in [-0.4, -0.2) is 63.5 Å². The minimum absolute atomic E-state index is 0.0422. The number of methoxy groups -OCH3 is 1. The summed E-state index contributed by atoms with van der Waals surface area (Å²) >= 11 is 6.47. The van der Waals surface area contributed by atoms with E-state index in [-0.39, 0.29) is 44.8 Å². The second-order valence-electron chi connectivity index (χ2n) is 9.52. The van der Waals surface area contributed by atoms with Crippen LogP contribution in [0.3, 0.4) is 0 Å². The topological polar surface area (TPSA) is 99.8 Å². The van der Waals surface area contributed by atoms with Gasteiger partial charge in [0.15, 0.2) is 0 Å². The van der Waals surface area contributed by atoms with E-state index >= 15 is 0 Å². The van der Waals surface area contributed by atoms with Crippen LogP contribution >= 0.6 is 11.6 Å². The average Bonchev–Trinajstić information content (AvgIpc) is 3.22. The van der Waals surface area contributed by atoms with Crippen molar-refractivity contribution in [3.8, 4) is 16.9 Å². The van der Waals surface area contributed by atoms with Gasteiger partial charge in [-0.2, -0.15) is 0 Å². The van der Waals surface area contributed by atoms with E-state index in [1.54, 1.807) is 23.0 Å². The highest BCUT2D eigenvalue weighted by molar-refractivity contribution is 6.33. The molecule has 3 heterocycles. The molecule has 0 saturated carbocycles. The predicted molar refractivity (Wildman–Crippen MR) is 136 cm³/mol. The van der Waals surface area contributed by atoms with Crippen LogP contribution in [0.25, 0.3) is 11.1 Å². The van der Waals surface area contributed by atoms with Gasteiger partial charge in [0.25, 0.3) is 5.91 Å². The highest BCUT2D eigenvalue weighted by Crippen LogP contribution is 2.35. The van der Waals surface area contributed by atoms with Gasteiger partial charge < -0.3 is 29.7 Å². The number of carbonyl (C=O) groups excluding carboxylic acids is 1. The molecule has 1 aliphatic heterocycles.